The molecule has 136 valence electrons. The lowest BCUT2D eigenvalue weighted by atomic mass is 9.65. The molecule has 0 aliphatic heterocycles. The van der Waals surface area contributed by atoms with Crippen molar-refractivity contribution in [1.82, 2.24) is 0 Å². The van der Waals surface area contributed by atoms with Gasteiger partial charge in [-0.1, -0.05) is 59.8 Å². The van der Waals surface area contributed by atoms with Gasteiger partial charge < -0.3 is 10.2 Å². The lowest BCUT2D eigenvalue weighted by Gasteiger charge is -2.38. The Morgan fingerprint density at radius 1 is 0.739 bits per heavy atom. The fraction of sp³-hybridized carbons (Fsp3) is 0.895. The molecule has 4 nitrogen and oxygen atoms in total. The first-order valence-electron chi connectivity index (χ1n) is 8.83. The molecule has 2 atom stereocenters. The smallest absolute Gasteiger partial charge is 0.309 e. The standard InChI is InChI=1S/C19H36O4/c1-7-8-9-10-11-12-18(5,15(20)21)14-19(6,16(22)23)13-17(2,3)4/h7-14H2,1-6H3,(H,20,21)(H,22,23). The van der Waals surface area contributed by atoms with Gasteiger partial charge in [0.1, 0.15) is 0 Å². The van der Waals surface area contributed by atoms with Crippen molar-refractivity contribution in [1.29, 1.82) is 0 Å². The predicted molar refractivity (Wildman–Crippen MR) is 93.6 cm³/mol. The summed E-state index contributed by atoms with van der Waals surface area (Å²) < 4.78 is 0. The van der Waals surface area contributed by atoms with E-state index >= 15 is 0 Å². The molecule has 2 unspecified atom stereocenters. The summed E-state index contributed by atoms with van der Waals surface area (Å²) in [6, 6.07) is 0. The highest BCUT2D eigenvalue weighted by atomic mass is 16.4. The van der Waals surface area contributed by atoms with Gasteiger partial charge in [-0.15, -0.1) is 0 Å². The van der Waals surface area contributed by atoms with Gasteiger partial charge in [-0.25, -0.2) is 0 Å². The van der Waals surface area contributed by atoms with Crippen molar-refractivity contribution in [2.45, 2.75) is 92.9 Å². The van der Waals surface area contributed by atoms with Crippen molar-refractivity contribution in [3.05, 3.63) is 0 Å². The van der Waals surface area contributed by atoms with Gasteiger partial charge in [0.2, 0.25) is 0 Å². The predicted octanol–water partition coefficient (Wildman–Crippen LogP) is 5.36. The molecule has 0 amide bonds. The molecule has 0 aromatic heterocycles. The number of aliphatic carboxylic acids is 2. The summed E-state index contributed by atoms with van der Waals surface area (Å²) in [6.45, 7) is 11.5. The average Bonchev–Trinajstić information content (AvgIpc) is 2.35. The van der Waals surface area contributed by atoms with Gasteiger partial charge in [-0.2, -0.15) is 0 Å². The van der Waals surface area contributed by atoms with Gasteiger partial charge in [0.15, 0.2) is 0 Å². The molecule has 0 aromatic carbocycles. The fourth-order valence-corrected chi connectivity index (χ4v) is 3.64. The molecule has 0 spiro atoms. The molecule has 0 saturated heterocycles. The first-order valence-corrected chi connectivity index (χ1v) is 8.83. The van der Waals surface area contributed by atoms with Crippen LogP contribution in [0.4, 0.5) is 0 Å². The van der Waals surface area contributed by atoms with Gasteiger partial charge in [-0.3, -0.25) is 9.59 Å². The molecule has 2 N–H and O–H groups in total. The van der Waals surface area contributed by atoms with Gasteiger partial charge in [0.05, 0.1) is 10.8 Å². The summed E-state index contributed by atoms with van der Waals surface area (Å²) in [7, 11) is 0. The summed E-state index contributed by atoms with van der Waals surface area (Å²) in [5.41, 5.74) is -2.16. The largest absolute Gasteiger partial charge is 0.481 e. The Bertz CT molecular complexity index is 397. The highest BCUT2D eigenvalue weighted by molar-refractivity contribution is 5.78. The van der Waals surface area contributed by atoms with E-state index in [9.17, 15) is 19.8 Å². The van der Waals surface area contributed by atoms with E-state index in [-0.39, 0.29) is 11.8 Å². The van der Waals surface area contributed by atoms with Gasteiger partial charge in [-0.05, 0) is 38.5 Å². The van der Waals surface area contributed by atoms with Crippen molar-refractivity contribution in [2.24, 2.45) is 16.2 Å². The number of rotatable bonds is 11. The quantitative estimate of drug-likeness (QED) is 0.501. The number of hydrogen-bond acceptors (Lipinski definition) is 2. The Labute approximate surface area is 141 Å². The summed E-state index contributed by atoms with van der Waals surface area (Å²) in [4.78, 5) is 23.6. The van der Waals surface area contributed by atoms with E-state index < -0.39 is 22.8 Å². The minimum atomic E-state index is -1.02. The maximum absolute atomic E-state index is 11.8. The molecule has 0 radical (unpaired) electrons. The van der Waals surface area contributed by atoms with Crippen LogP contribution in [0.2, 0.25) is 0 Å². The van der Waals surface area contributed by atoms with Crippen molar-refractivity contribution < 1.29 is 19.8 Å². The fourth-order valence-electron chi connectivity index (χ4n) is 3.64. The highest BCUT2D eigenvalue weighted by Crippen LogP contribution is 2.44. The van der Waals surface area contributed by atoms with Gasteiger partial charge in [0.25, 0.3) is 0 Å². The zero-order valence-electron chi connectivity index (χ0n) is 15.9. The molecule has 0 aromatic rings. The van der Waals surface area contributed by atoms with Crippen LogP contribution in [0.3, 0.4) is 0 Å². The van der Waals surface area contributed by atoms with E-state index in [0.29, 0.717) is 12.8 Å². The molecule has 0 rings (SSSR count). The molecule has 0 fully saturated rings. The number of carboxylic acids is 2. The monoisotopic (exact) mass is 328 g/mol. The van der Waals surface area contributed by atoms with E-state index in [1.807, 2.05) is 20.8 Å². The SMILES string of the molecule is CCCCCCCC(C)(CC(C)(CC(C)(C)C)C(=O)O)C(=O)O. The van der Waals surface area contributed by atoms with Crippen LogP contribution in [0.1, 0.15) is 92.9 Å². The second kappa shape index (κ2) is 8.70. The minimum absolute atomic E-state index is 0.159. The third-order valence-electron chi connectivity index (χ3n) is 4.57. The summed E-state index contributed by atoms with van der Waals surface area (Å²) >= 11 is 0. The third-order valence-corrected chi connectivity index (χ3v) is 4.57. The molecule has 0 aliphatic carbocycles. The lowest BCUT2D eigenvalue weighted by Crippen LogP contribution is -2.40. The van der Waals surface area contributed by atoms with Crippen molar-refractivity contribution in [3.63, 3.8) is 0 Å². The minimum Gasteiger partial charge on any atom is -0.481 e. The van der Waals surface area contributed by atoms with Crippen molar-refractivity contribution in [3.8, 4) is 0 Å². The van der Waals surface area contributed by atoms with Gasteiger partial charge >= 0.3 is 11.9 Å². The van der Waals surface area contributed by atoms with E-state index in [2.05, 4.69) is 6.92 Å². The van der Waals surface area contributed by atoms with Crippen LogP contribution in [-0.2, 0) is 9.59 Å². The topological polar surface area (TPSA) is 74.6 Å². The van der Waals surface area contributed by atoms with Crippen LogP contribution in [0, 0.1) is 16.2 Å². The molecule has 4 heteroatoms. The Hall–Kier alpha value is -1.06. The van der Waals surface area contributed by atoms with Crippen LogP contribution >= 0.6 is 0 Å². The first-order chi connectivity index (χ1) is 10.4. The number of hydrogen-bond donors (Lipinski definition) is 2. The van der Waals surface area contributed by atoms with Crippen LogP contribution in [-0.4, -0.2) is 22.2 Å². The zero-order valence-corrected chi connectivity index (χ0v) is 15.9. The maximum atomic E-state index is 11.8. The van der Waals surface area contributed by atoms with Crippen LogP contribution in [0.25, 0.3) is 0 Å². The Kier molecular flexibility index (Phi) is 8.30. The number of unbranched alkanes of at least 4 members (excludes halogenated alkanes) is 4. The van der Waals surface area contributed by atoms with E-state index in [1.165, 1.54) is 6.42 Å². The van der Waals surface area contributed by atoms with Crippen LogP contribution in [0.5, 0.6) is 0 Å². The maximum Gasteiger partial charge on any atom is 0.309 e. The normalized spacial score (nSPS) is 17.3. The molecule has 23 heavy (non-hydrogen) atoms. The Morgan fingerprint density at radius 3 is 1.61 bits per heavy atom. The molecule has 0 heterocycles. The Morgan fingerprint density at radius 2 is 1.22 bits per heavy atom. The second-order valence-electron chi connectivity index (χ2n) is 8.81. The first kappa shape index (κ1) is 21.9. The van der Waals surface area contributed by atoms with Crippen LogP contribution < -0.4 is 0 Å². The zero-order chi connectivity index (χ0) is 18.3. The second-order valence-corrected chi connectivity index (χ2v) is 8.81. The summed E-state index contributed by atoms with van der Waals surface area (Å²) in [5, 5.41) is 19.4. The van der Waals surface area contributed by atoms with E-state index in [4.69, 9.17) is 0 Å². The third kappa shape index (κ3) is 7.85. The Balaban J connectivity index is 5.05. The molecule has 0 bridgehead atoms. The van der Waals surface area contributed by atoms with Crippen molar-refractivity contribution >= 4 is 11.9 Å². The summed E-state index contributed by atoms with van der Waals surface area (Å²) in [6.07, 6.45) is 6.47. The van der Waals surface area contributed by atoms with Gasteiger partial charge in [0, 0.05) is 0 Å². The highest BCUT2D eigenvalue weighted by Gasteiger charge is 2.46. The number of carbonyl (C=O) groups is 2. The molecular weight excluding hydrogens is 292 g/mol. The molecule has 0 saturated carbocycles. The molecular formula is C19H36O4. The average molecular weight is 328 g/mol. The van der Waals surface area contributed by atoms with E-state index in [1.54, 1.807) is 13.8 Å². The van der Waals surface area contributed by atoms with Crippen molar-refractivity contribution in [2.75, 3.05) is 0 Å². The van der Waals surface area contributed by atoms with E-state index in [0.717, 1.165) is 25.7 Å². The van der Waals surface area contributed by atoms with Crippen LogP contribution in [0.15, 0.2) is 0 Å². The molecule has 0 aliphatic rings. The lowest BCUT2D eigenvalue weighted by molar-refractivity contribution is -0.158. The summed E-state index contributed by atoms with van der Waals surface area (Å²) in [5.74, 6) is -1.78. The number of carboxylic acid groups (broad SMARTS) is 2.